The molecule has 0 amide bonds. The molecule has 3 N–H and O–H groups in total. The van der Waals surface area contributed by atoms with Crippen molar-refractivity contribution < 1.29 is 37.6 Å². The lowest BCUT2D eigenvalue weighted by Crippen LogP contribution is -2.29. The van der Waals surface area contributed by atoms with Gasteiger partial charge in [-0.15, -0.1) is 0 Å². The lowest BCUT2D eigenvalue weighted by atomic mass is 10.0. The highest BCUT2D eigenvalue weighted by molar-refractivity contribution is 7.47. The zero-order valence-electron chi connectivity index (χ0n) is 37.5. The standard InChI is InChI=1S/C49H86NO8P/c1-3-5-7-9-10-11-12-13-14-15-16-17-18-19-20-21-22-23-24-25-26-27-28-29-30-31-32-33-34-35-36-38-40-42-49(52)58-47(46-57-59(53,54)56-44-43-50)45-55-48(51)41-39-37-8-6-4-2/h5,7,10-11,13-14,16-17,19-20,22-23,47H,3-4,6,8-9,12,15,18,21,24-46,50H2,1-2H3,(H,53,54)/b7-5-,11-10-,14-13-,17-16-,20-19-,23-22-. The van der Waals surface area contributed by atoms with Crippen LogP contribution in [0, 0.1) is 0 Å². The van der Waals surface area contributed by atoms with Crippen molar-refractivity contribution in [1.82, 2.24) is 0 Å². The molecule has 0 fully saturated rings. The number of esters is 2. The molecule has 9 nitrogen and oxygen atoms in total. The number of phosphoric acid groups is 1. The van der Waals surface area contributed by atoms with Gasteiger partial charge in [-0.05, 0) is 64.2 Å². The molecule has 0 saturated carbocycles. The molecule has 0 aromatic carbocycles. The van der Waals surface area contributed by atoms with Gasteiger partial charge in [-0.2, -0.15) is 0 Å². The second-order valence-corrected chi connectivity index (χ2v) is 16.7. The normalized spacial score (nSPS) is 13.9. The van der Waals surface area contributed by atoms with Crippen LogP contribution in [0.2, 0.25) is 0 Å². The lowest BCUT2D eigenvalue weighted by molar-refractivity contribution is -0.161. The number of carbonyl (C=O) groups excluding carboxylic acids is 2. The molecule has 0 aliphatic heterocycles. The Labute approximate surface area is 361 Å². The first-order valence-corrected chi connectivity index (χ1v) is 24.9. The van der Waals surface area contributed by atoms with Gasteiger partial charge in [0.05, 0.1) is 13.2 Å². The molecule has 0 radical (unpaired) electrons. The number of hydrogen-bond donors (Lipinski definition) is 2. The fraction of sp³-hybridized carbons (Fsp3) is 0.714. The van der Waals surface area contributed by atoms with Crippen LogP contribution in [0.4, 0.5) is 0 Å². The summed E-state index contributed by atoms with van der Waals surface area (Å²) in [6, 6.07) is 0. The zero-order chi connectivity index (χ0) is 43.2. The number of ether oxygens (including phenoxy) is 2. The summed E-state index contributed by atoms with van der Waals surface area (Å²) < 4.78 is 32.5. The van der Waals surface area contributed by atoms with E-state index >= 15 is 0 Å². The van der Waals surface area contributed by atoms with E-state index in [-0.39, 0.29) is 32.6 Å². The van der Waals surface area contributed by atoms with Gasteiger partial charge < -0.3 is 20.1 Å². The molecular formula is C49H86NO8P. The van der Waals surface area contributed by atoms with E-state index < -0.39 is 32.5 Å². The third-order valence-electron chi connectivity index (χ3n) is 9.61. The monoisotopic (exact) mass is 848 g/mol. The molecule has 0 rings (SSSR count). The number of phosphoric ester groups is 1. The van der Waals surface area contributed by atoms with E-state index in [0.717, 1.165) is 89.9 Å². The van der Waals surface area contributed by atoms with Gasteiger partial charge in [0.15, 0.2) is 6.10 Å². The van der Waals surface area contributed by atoms with E-state index in [2.05, 4.69) is 86.8 Å². The number of hydrogen-bond acceptors (Lipinski definition) is 8. The summed E-state index contributed by atoms with van der Waals surface area (Å²) in [5.41, 5.74) is 5.33. The van der Waals surface area contributed by atoms with E-state index in [1.54, 1.807) is 0 Å². The summed E-state index contributed by atoms with van der Waals surface area (Å²) >= 11 is 0. The highest BCUT2D eigenvalue weighted by Gasteiger charge is 2.26. The molecule has 0 heterocycles. The first-order valence-electron chi connectivity index (χ1n) is 23.4. The second kappa shape index (κ2) is 45.0. The van der Waals surface area contributed by atoms with Crippen LogP contribution in [0.25, 0.3) is 0 Å². The Morgan fingerprint density at radius 1 is 0.525 bits per heavy atom. The van der Waals surface area contributed by atoms with Gasteiger partial charge in [0.1, 0.15) is 6.61 Å². The van der Waals surface area contributed by atoms with Gasteiger partial charge in [-0.1, -0.05) is 189 Å². The topological polar surface area (TPSA) is 134 Å². The van der Waals surface area contributed by atoms with Crippen LogP contribution in [-0.2, 0) is 32.7 Å². The first kappa shape index (κ1) is 56.5. The Hall–Kier alpha value is -2.55. The fourth-order valence-corrected chi connectivity index (χ4v) is 6.93. The molecule has 10 heteroatoms. The highest BCUT2D eigenvalue weighted by Crippen LogP contribution is 2.43. The van der Waals surface area contributed by atoms with Gasteiger partial charge in [-0.25, -0.2) is 4.57 Å². The predicted octanol–water partition coefficient (Wildman–Crippen LogP) is 13.8. The molecule has 0 aromatic heterocycles. The number of allylic oxidation sites excluding steroid dienone is 12. The highest BCUT2D eigenvalue weighted by atomic mass is 31.2. The van der Waals surface area contributed by atoms with Crippen LogP contribution in [0.3, 0.4) is 0 Å². The number of carbonyl (C=O) groups is 2. The third kappa shape index (κ3) is 44.8. The Bertz CT molecular complexity index is 1190. The quantitative estimate of drug-likeness (QED) is 0.0266. The SMILES string of the molecule is CC/C=C\C/C=C\C/C=C\C/C=C\C/C=C\C/C=C\CCCCCCCCCCCCCCCCC(=O)OC(COC(=O)CCCCCCC)COP(=O)(O)OCCN. The Kier molecular flexibility index (Phi) is 43.0. The maximum atomic E-state index is 12.5. The molecule has 0 spiro atoms. The van der Waals surface area contributed by atoms with E-state index in [0.29, 0.717) is 6.42 Å². The van der Waals surface area contributed by atoms with Gasteiger partial charge >= 0.3 is 19.8 Å². The van der Waals surface area contributed by atoms with Gasteiger partial charge in [0, 0.05) is 19.4 Å². The zero-order valence-corrected chi connectivity index (χ0v) is 38.4. The summed E-state index contributed by atoms with van der Waals surface area (Å²) in [7, 11) is -4.37. The third-order valence-corrected chi connectivity index (χ3v) is 10.6. The molecule has 0 aliphatic carbocycles. The number of rotatable bonds is 43. The average molecular weight is 848 g/mol. The van der Waals surface area contributed by atoms with Crippen molar-refractivity contribution >= 4 is 19.8 Å². The van der Waals surface area contributed by atoms with Crippen molar-refractivity contribution in [2.45, 2.75) is 200 Å². The maximum absolute atomic E-state index is 12.5. The second-order valence-electron chi connectivity index (χ2n) is 15.2. The van der Waals surface area contributed by atoms with Crippen LogP contribution < -0.4 is 5.73 Å². The Balaban J connectivity index is 3.82. The van der Waals surface area contributed by atoms with Crippen LogP contribution in [0.5, 0.6) is 0 Å². The van der Waals surface area contributed by atoms with E-state index in [9.17, 15) is 19.0 Å². The minimum Gasteiger partial charge on any atom is -0.462 e. The molecule has 0 bridgehead atoms. The smallest absolute Gasteiger partial charge is 0.462 e. The van der Waals surface area contributed by atoms with E-state index in [1.165, 1.54) is 70.6 Å². The van der Waals surface area contributed by atoms with Crippen molar-refractivity contribution in [3.63, 3.8) is 0 Å². The molecule has 59 heavy (non-hydrogen) atoms. The van der Waals surface area contributed by atoms with Crippen molar-refractivity contribution in [2.75, 3.05) is 26.4 Å². The number of nitrogens with two attached hydrogens (primary N) is 1. The minimum atomic E-state index is -4.37. The molecule has 0 saturated heterocycles. The van der Waals surface area contributed by atoms with Gasteiger partial charge in [0.25, 0.3) is 0 Å². The summed E-state index contributed by atoms with van der Waals surface area (Å²) in [6.07, 6.45) is 55.8. The van der Waals surface area contributed by atoms with Crippen LogP contribution in [-0.4, -0.2) is 49.3 Å². The lowest BCUT2D eigenvalue weighted by Gasteiger charge is -2.19. The molecule has 2 unspecified atom stereocenters. The Morgan fingerprint density at radius 3 is 1.39 bits per heavy atom. The molecule has 0 aromatic rings. The molecule has 340 valence electrons. The van der Waals surface area contributed by atoms with Crippen molar-refractivity contribution in [1.29, 1.82) is 0 Å². The van der Waals surface area contributed by atoms with Crippen LogP contribution in [0.1, 0.15) is 194 Å². The van der Waals surface area contributed by atoms with Crippen LogP contribution in [0.15, 0.2) is 72.9 Å². The molecule has 0 aliphatic rings. The van der Waals surface area contributed by atoms with Gasteiger partial charge in [-0.3, -0.25) is 18.6 Å². The van der Waals surface area contributed by atoms with Crippen LogP contribution >= 0.6 is 7.82 Å². The van der Waals surface area contributed by atoms with Gasteiger partial charge in [0.2, 0.25) is 0 Å². The van der Waals surface area contributed by atoms with E-state index in [1.807, 2.05) is 0 Å². The fourth-order valence-electron chi connectivity index (χ4n) is 6.17. The molecule has 2 atom stereocenters. The Morgan fingerprint density at radius 2 is 0.932 bits per heavy atom. The minimum absolute atomic E-state index is 0.0519. The summed E-state index contributed by atoms with van der Waals surface area (Å²) in [4.78, 5) is 34.5. The predicted molar refractivity (Wildman–Crippen MR) is 247 cm³/mol. The first-order chi connectivity index (χ1) is 28.8. The number of unbranched alkanes of at least 4 members (excludes halogenated alkanes) is 18. The summed E-state index contributed by atoms with van der Waals surface area (Å²) in [5, 5.41) is 0. The molecular weight excluding hydrogens is 762 g/mol. The van der Waals surface area contributed by atoms with Crippen molar-refractivity contribution in [3.05, 3.63) is 72.9 Å². The summed E-state index contributed by atoms with van der Waals surface area (Å²) in [6.45, 7) is 3.51. The average Bonchev–Trinajstić information content (AvgIpc) is 3.22. The summed E-state index contributed by atoms with van der Waals surface area (Å²) in [5.74, 6) is -0.845. The van der Waals surface area contributed by atoms with Crippen molar-refractivity contribution in [3.8, 4) is 0 Å². The largest absolute Gasteiger partial charge is 0.472 e. The maximum Gasteiger partial charge on any atom is 0.472 e. The van der Waals surface area contributed by atoms with E-state index in [4.69, 9.17) is 24.3 Å². The van der Waals surface area contributed by atoms with Crippen molar-refractivity contribution in [2.24, 2.45) is 5.73 Å².